The Bertz CT molecular complexity index is 722. The van der Waals surface area contributed by atoms with E-state index in [1.807, 2.05) is 7.05 Å². The summed E-state index contributed by atoms with van der Waals surface area (Å²) in [5.74, 6) is 1.18. The van der Waals surface area contributed by atoms with Gasteiger partial charge in [0.1, 0.15) is 6.07 Å². The topological polar surface area (TPSA) is 124 Å². The van der Waals surface area contributed by atoms with Crippen molar-refractivity contribution in [2.24, 2.45) is 11.7 Å². The third-order valence-corrected chi connectivity index (χ3v) is 5.23. The SMILES string of the molecule is CN/C(CC1CC1)=C(\C=N)c1nc(N[C@H]2CC[C@H](N)CC2)ncc1C#N. The van der Waals surface area contributed by atoms with E-state index in [-0.39, 0.29) is 0 Å². The summed E-state index contributed by atoms with van der Waals surface area (Å²) < 4.78 is 0. The molecule has 2 saturated carbocycles. The maximum absolute atomic E-state index is 9.47. The van der Waals surface area contributed by atoms with Crippen LogP contribution < -0.4 is 16.4 Å². The molecule has 7 heteroatoms. The molecule has 0 unspecified atom stereocenters. The fourth-order valence-corrected chi connectivity index (χ4v) is 3.44. The third kappa shape index (κ3) is 4.38. The Morgan fingerprint density at radius 3 is 2.65 bits per heavy atom. The quantitative estimate of drug-likeness (QED) is 0.558. The molecule has 1 heterocycles. The highest BCUT2D eigenvalue weighted by Gasteiger charge is 2.25. The fraction of sp³-hybridized carbons (Fsp3) is 0.579. The van der Waals surface area contributed by atoms with Gasteiger partial charge in [-0.1, -0.05) is 0 Å². The summed E-state index contributed by atoms with van der Waals surface area (Å²) in [5, 5.41) is 23.9. The molecule has 0 aromatic carbocycles. The zero-order valence-corrected chi connectivity index (χ0v) is 15.3. The Labute approximate surface area is 154 Å². The molecule has 2 aliphatic rings. The van der Waals surface area contributed by atoms with Gasteiger partial charge in [0.25, 0.3) is 0 Å². The first kappa shape index (κ1) is 18.3. The van der Waals surface area contributed by atoms with E-state index >= 15 is 0 Å². The van der Waals surface area contributed by atoms with E-state index in [0.29, 0.717) is 40.8 Å². The van der Waals surface area contributed by atoms with Crippen LogP contribution in [-0.4, -0.2) is 35.3 Å². The highest BCUT2D eigenvalue weighted by atomic mass is 15.1. The van der Waals surface area contributed by atoms with Gasteiger partial charge in [-0.2, -0.15) is 5.26 Å². The number of hydrogen-bond donors (Lipinski definition) is 4. The monoisotopic (exact) mass is 353 g/mol. The van der Waals surface area contributed by atoms with Gasteiger partial charge in [-0.25, -0.2) is 9.97 Å². The average Bonchev–Trinajstić information content (AvgIpc) is 3.48. The van der Waals surface area contributed by atoms with Crippen LogP contribution in [0, 0.1) is 22.7 Å². The van der Waals surface area contributed by atoms with Crippen LogP contribution >= 0.6 is 0 Å². The van der Waals surface area contributed by atoms with E-state index in [1.54, 1.807) is 6.20 Å². The molecule has 1 aromatic heterocycles. The number of nitrogens with zero attached hydrogens (tertiary/aromatic N) is 3. The molecule has 2 fully saturated rings. The molecule has 3 rings (SSSR count). The molecule has 7 nitrogen and oxygen atoms in total. The van der Waals surface area contributed by atoms with Gasteiger partial charge >= 0.3 is 0 Å². The molecule has 0 atom stereocenters. The lowest BCUT2D eigenvalue weighted by Crippen LogP contribution is -2.33. The maximum atomic E-state index is 9.47. The van der Waals surface area contributed by atoms with Crippen LogP contribution in [0.2, 0.25) is 0 Å². The van der Waals surface area contributed by atoms with E-state index < -0.39 is 0 Å². The van der Waals surface area contributed by atoms with Crippen molar-refractivity contribution in [1.29, 1.82) is 10.7 Å². The highest BCUT2D eigenvalue weighted by molar-refractivity contribution is 6.09. The predicted octanol–water partition coefficient (Wildman–Crippen LogP) is 2.41. The van der Waals surface area contributed by atoms with E-state index in [9.17, 15) is 5.26 Å². The van der Waals surface area contributed by atoms with Gasteiger partial charge < -0.3 is 21.8 Å². The number of aromatic nitrogens is 2. The second-order valence-corrected chi connectivity index (χ2v) is 7.26. The molecule has 0 spiro atoms. The van der Waals surface area contributed by atoms with Crippen LogP contribution in [0.3, 0.4) is 0 Å². The first-order valence-corrected chi connectivity index (χ1v) is 9.35. The molecule has 0 bridgehead atoms. The molecule has 0 radical (unpaired) electrons. The summed E-state index contributed by atoms with van der Waals surface area (Å²) in [6.45, 7) is 0. The molecular weight excluding hydrogens is 326 g/mol. The van der Waals surface area contributed by atoms with E-state index in [0.717, 1.165) is 37.8 Å². The third-order valence-electron chi connectivity index (χ3n) is 5.23. The minimum absolute atomic E-state index is 0.290. The second kappa shape index (κ2) is 8.28. The molecule has 0 amide bonds. The first-order valence-electron chi connectivity index (χ1n) is 9.35. The van der Waals surface area contributed by atoms with Crippen molar-refractivity contribution in [1.82, 2.24) is 15.3 Å². The van der Waals surface area contributed by atoms with Crippen LogP contribution in [0.5, 0.6) is 0 Å². The van der Waals surface area contributed by atoms with Crippen molar-refractivity contribution in [3.8, 4) is 6.07 Å². The van der Waals surface area contributed by atoms with Crippen molar-refractivity contribution in [2.75, 3.05) is 12.4 Å². The Hall–Kier alpha value is -2.46. The van der Waals surface area contributed by atoms with Crippen LogP contribution in [-0.2, 0) is 0 Å². The van der Waals surface area contributed by atoms with Crippen LogP contribution in [0.25, 0.3) is 5.57 Å². The number of anilines is 1. The molecular formula is C19H27N7. The van der Waals surface area contributed by atoms with Gasteiger partial charge in [0, 0.05) is 36.6 Å². The normalized spacial score (nSPS) is 23.6. The van der Waals surface area contributed by atoms with Crippen molar-refractivity contribution in [3.63, 3.8) is 0 Å². The number of rotatable bonds is 7. The lowest BCUT2D eigenvalue weighted by molar-refractivity contribution is 0.410. The summed E-state index contributed by atoms with van der Waals surface area (Å²) in [7, 11) is 1.86. The molecule has 2 aliphatic carbocycles. The number of nitriles is 1. The molecule has 1 aromatic rings. The number of nitrogens with two attached hydrogens (primary N) is 1. The summed E-state index contributed by atoms with van der Waals surface area (Å²) in [6, 6.07) is 2.75. The summed E-state index contributed by atoms with van der Waals surface area (Å²) in [5.41, 5.74) is 8.53. The summed E-state index contributed by atoms with van der Waals surface area (Å²) in [6.07, 6.45) is 10.2. The highest BCUT2D eigenvalue weighted by Crippen LogP contribution is 2.36. The van der Waals surface area contributed by atoms with Crippen molar-refractivity contribution >= 4 is 17.7 Å². The fourth-order valence-electron chi connectivity index (χ4n) is 3.44. The smallest absolute Gasteiger partial charge is 0.223 e. The molecule has 0 aliphatic heterocycles. The lowest BCUT2D eigenvalue weighted by Gasteiger charge is -2.26. The first-order chi connectivity index (χ1) is 12.6. The van der Waals surface area contributed by atoms with Gasteiger partial charge in [-0.05, 0) is 50.9 Å². The van der Waals surface area contributed by atoms with Gasteiger partial charge in [0.05, 0.1) is 17.5 Å². The van der Waals surface area contributed by atoms with Gasteiger partial charge in [-0.3, -0.25) is 0 Å². The minimum Gasteiger partial charge on any atom is -0.391 e. The van der Waals surface area contributed by atoms with Crippen molar-refractivity contribution < 1.29 is 0 Å². The van der Waals surface area contributed by atoms with Crippen LogP contribution in [0.15, 0.2) is 11.9 Å². The molecule has 26 heavy (non-hydrogen) atoms. The van der Waals surface area contributed by atoms with Gasteiger partial charge in [0.2, 0.25) is 5.95 Å². The molecule has 5 N–H and O–H groups in total. The lowest BCUT2D eigenvalue weighted by atomic mass is 9.92. The second-order valence-electron chi connectivity index (χ2n) is 7.26. The van der Waals surface area contributed by atoms with E-state index in [4.69, 9.17) is 11.1 Å². The zero-order valence-electron chi connectivity index (χ0n) is 15.3. The predicted molar refractivity (Wildman–Crippen MR) is 103 cm³/mol. The van der Waals surface area contributed by atoms with E-state index in [2.05, 4.69) is 26.7 Å². The number of nitrogens with one attached hydrogen (secondary N) is 3. The van der Waals surface area contributed by atoms with Crippen LogP contribution in [0.4, 0.5) is 5.95 Å². The van der Waals surface area contributed by atoms with Gasteiger partial charge in [0.15, 0.2) is 0 Å². The van der Waals surface area contributed by atoms with Gasteiger partial charge in [-0.15, -0.1) is 0 Å². The molecule has 0 saturated heterocycles. The largest absolute Gasteiger partial charge is 0.391 e. The average molecular weight is 353 g/mol. The Morgan fingerprint density at radius 1 is 1.35 bits per heavy atom. The van der Waals surface area contributed by atoms with Crippen molar-refractivity contribution in [3.05, 3.63) is 23.2 Å². The zero-order chi connectivity index (χ0) is 18.5. The number of allylic oxidation sites excluding steroid dienone is 2. The standard InChI is InChI=1S/C19H27N7/c1-23-17(8-12-2-3-12)16(10-21)18-13(9-20)11-24-19(26-18)25-15-6-4-14(22)5-7-15/h10-12,14-15,21,23H,2-8,22H2,1H3,(H,24,25,26)/b17-16+,21-10?/t14-,15-. The number of hydrogen-bond acceptors (Lipinski definition) is 7. The van der Waals surface area contributed by atoms with E-state index in [1.165, 1.54) is 19.1 Å². The molecule has 138 valence electrons. The van der Waals surface area contributed by atoms with Crippen LogP contribution in [0.1, 0.15) is 56.2 Å². The minimum atomic E-state index is 0.290. The maximum Gasteiger partial charge on any atom is 0.223 e. The van der Waals surface area contributed by atoms with Crippen molar-refractivity contribution in [2.45, 2.75) is 57.0 Å². The Kier molecular flexibility index (Phi) is 5.84. The Morgan fingerprint density at radius 2 is 2.08 bits per heavy atom. The Balaban J connectivity index is 1.87. The summed E-state index contributed by atoms with van der Waals surface area (Å²) >= 11 is 0. The summed E-state index contributed by atoms with van der Waals surface area (Å²) in [4.78, 5) is 8.90.